The quantitative estimate of drug-likeness (QED) is 0.852. The maximum absolute atomic E-state index is 13.0. The van der Waals surface area contributed by atoms with Crippen LogP contribution in [0.2, 0.25) is 0 Å². The minimum atomic E-state index is -0.539. The zero-order chi connectivity index (χ0) is 14.3. The lowest BCUT2D eigenvalue weighted by Gasteiger charge is -2.45. The van der Waals surface area contributed by atoms with Crippen LogP contribution in [-0.2, 0) is 4.79 Å². The number of hydrogen-bond acceptors (Lipinski definition) is 2. The second-order valence-electron chi connectivity index (χ2n) is 5.07. The minimum Gasteiger partial charge on any atom is -0.318 e. The Morgan fingerprint density at radius 2 is 1.65 bits per heavy atom. The van der Waals surface area contributed by atoms with Crippen molar-refractivity contribution in [2.75, 3.05) is 4.90 Å². The monoisotopic (exact) mass is 270 g/mol. The van der Waals surface area contributed by atoms with Crippen molar-refractivity contribution >= 4 is 11.6 Å². The molecule has 0 aromatic heterocycles. The van der Waals surface area contributed by atoms with Gasteiger partial charge in [0.1, 0.15) is 11.9 Å². The third kappa shape index (κ3) is 1.98. The molecular formula is C16H15FN2O. The van der Waals surface area contributed by atoms with E-state index in [1.807, 2.05) is 31.2 Å². The molecule has 2 atom stereocenters. The van der Waals surface area contributed by atoms with Gasteiger partial charge in [0, 0.05) is 5.69 Å². The number of β-lactam (4-membered cyclic amide) rings is 1. The maximum Gasteiger partial charge on any atom is 0.247 e. The molecule has 0 saturated carbocycles. The molecule has 0 bridgehead atoms. The smallest absolute Gasteiger partial charge is 0.247 e. The lowest BCUT2D eigenvalue weighted by molar-refractivity contribution is -0.126. The molecule has 2 aromatic carbocycles. The molecule has 3 rings (SSSR count). The van der Waals surface area contributed by atoms with Crippen LogP contribution in [-0.4, -0.2) is 11.9 Å². The molecule has 1 heterocycles. The number of benzene rings is 2. The molecule has 2 aromatic rings. The van der Waals surface area contributed by atoms with Crippen LogP contribution in [0.3, 0.4) is 0 Å². The van der Waals surface area contributed by atoms with Crippen LogP contribution in [0.15, 0.2) is 48.5 Å². The summed E-state index contributed by atoms with van der Waals surface area (Å²) in [6.07, 6.45) is 0. The molecule has 1 aliphatic heterocycles. The highest BCUT2D eigenvalue weighted by Crippen LogP contribution is 2.38. The Morgan fingerprint density at radius 3 is 2.25 bits per heavy atom. The summed E-state index contributed by atoms with van der Waals surface area (Å²) in [6, 6.07) is 13.1. The molecule has 1 amide bonds. The van der Waals surface area contributed by atoms with E-state index in [0.717, 1.165) is 11.1 Å². The van der Waals surface area contributed by atoms with Crippen LogP contribution < -0.4 is 10.6 Å². The first-order valence-corrected chi connectivity index (χ1v) is 6.49. The molecule has 102 valence electrons. The van der Waals surface area contributed by atoms with Gasteiger partial charge in [0.05, 0.1) is 6.04 Å². The number of halogens is 1. The number of hydrogen-bond donors (Lipinski definition) is 1. The summed E-state index contributed by atoms with van der Waals surface area (Å²) in [6.45, 7) is 2.01. The Morgan fingerprint density at radius 1 is 1.05 bits per heavy atom. The molecule has 4 heteroatoms. The molecule has 0 aliphatic carbocycles. The SMILES string of the molecule is Cc1ccc(C2C(N)C(=O)N2c2ccc(F)cc2)cc1. The van der Waals surface area contributed by atoms with Gasteiger partial charge in [-0.15, -0.1) is 0 Å². The molecule has 1 saturated heterocycles. The minimum absolute atomic E-state index is 0.137. The fraction of sp³-hybridized carbons (Fsp3) is 0.188. The number of anilines is 1. The van der Waals surface area contributed by atoms with E-state index >= 15 is 0 Å². The van der Waals surface area contributed by atoms with Crippen molar-refractivity contribution in [1.29, 1.82) is 0 Å². The van der Waals surface area contributed by atoms with Crippen LogP contribution in [0, 0.1) is 12.7 Å². The van der Waals surface area contributed by atoms with E-state index in [4.69, 9.17) is 5.73 Å². The van der Waals surface area contributed by atoms with E-state index < -0.39 is 6.04 Å². The molecule has 3 nitrogen and oxygen atoms in total. The van der Waals surface area contributed by atoms with Crippen LogP contribution >= 0.6 is 0 Å². The highest BCUT2D eigenvalue weighted by molar-refractivity contribution is 6.05. The van der Waals surface area contributed by atoms with Crippen molar-refractivity contribution in [3.8, 4) is 0 Å². The highest BCUT2D eigenvalue weighted by atomic mass is 19.1. The first-order valence-electron chi connectivity index (χ1n) is 6.49. The average Bonchev–Trinajstić information content (AvgIpc) is 2.46. The maximum atomic E-state index is 13.0. The van der Waals surface area contributed by atoms with Gasteiger partial charge in [-0.1, -0.05) is 29.8 Å². The third-order valence-corrected chi connectivity index (χ3v) is 3.66. The largest absolute Gasteiger partial charge is 0.318 e. The van der Waals surface area contributed by atoms with Crippen LogP contribution in [0.5, 0.6) is 0 Å². The molecule has 2 unspecified atom stereocenters. The van der Waals surface area contributed by atoms with Gasteiger partial charge in [0.2, 0.25) is 5.91 Å². The van der Waals surface area contributed by atoms with Crippen LogP contribution in [0.4, 0.5) is 10.1 Å². The van der Waals surface area contributed by atoms with Gasteiger partial charge in [-0.3, -0.25) is 4.79 Å². The van der Waals surface area contributed by atoms with E-state index in [-0.39, 0.29) is 17.8 Å². The van der Waals surface area contributed by atoms with Crippen LogP contribution in [0.25, 0.3) is 0 Å². The van der Waals surface area contributed by atoms with Crippen molar-refractivity contribution in [3.63, 3.8) is 0 Å². The van der Waals surface area contributed by atoms with E-state index in [9.17, 15) is 9.18 Å². The second-order valence-corrected chi connectivity index (χ2v) is 5.07. The Balaban J connectivity index is 1.95. The number of carbonyl (C=O) groups excluding carboxylic acids is 1. The molecule has 20 heavy (non-hydrogen) atoms. The topological polar surface area (TPSA) is 46.3 Å². The van der Waals surface area contributed by atoms with Crippen molar-refractivity contribution in [3.05, 3.63) is 65.5 Å². The lowest BCUT2D eigenvalue weighted by atomic mass is 9.88. The predicted molar refractivity (Wildman–Crippen MR) is 75.8 cm³/mol. The number of carbonyl (C=O) groups is 1. The zero-order valence-electron chi connectivity index (χ0n) is 11.1. The highest BCUT2D eigenvalue weighted by Gasteiger charge is 2.46. The van der Waals surface area contributed by atoms with Gasteiger partial charge in [-0.05, 0) is 36.8 Å². The first kappa shape index (κ1) is 12.8. The number of amides is 1. The lowest BCUT2D eigenvalue weighted by Crippen LogP contribution is -2.63. The summed E-state index contributed by atoms with van der Waals surface area (Å²) in [5.74, 6) is -0.458. The van der Waals surface area contributed by atoms with Gasteiger partial charge in [-0.25, -0.2) is 4.39 Å². The Kier molecular flexibility index (Phi) is 3.03. The van der Waals surface area contributed by atoms with Gasteiger partial charge < -0.3 is 10.6 Å². The van der Waals surface area contributed by atoms with Gasteiger partial charge in [0.15, 0.2) is 0 Å². The number of aryl methyl sites for hydroxylation is 1. The summed E-state index contributed by atoms with van der Waals surface area (Å²) < 4.78 is 13.0. The van der Waals surface area contributed by atoms with Gasteiger partial charge >= 0.3 is 0 Å². The fourth-order valence-corrected chi connectivity index (χ4v) is 2.52. The van der Waals surface area contributed by atoms with Gasteiger partial charge in [-0.2, -0.15) is 0 Å². The summed E-state index contributed by atoms with van der Waals surface area (Å²) in [7, 11) is 0. The predicted octanol–water partition coefficient (Wildman–Crippen LogP) is 2.55. The Labute approximate surface area is 116 Å². The summed E-state index contributed by atoms with van der Waals surface area (Å²) in [5, 5.41) is 0. The number of nitrogens with zero attached hydrogens (tertiary/aromatic N) is 1. The molecule has 1 fully saturated rings. The van der Waals surface area contributed by atoms with E-state index in [1.165, 1.54) is 12.1 Å². The first-order chi connectivity index (χ1) is 9.58. The van der Waals surface area contributed by atoms with Crippen molar-refractivity contribution in [1.82, 2.24) is 0 Å². The molecule has 2 N–H and O–H groups in total. The van der Waals surface area contributed by atoms with Crippen molar-refractivity contribution < 1.29 is 9.18 Å². The Bertz CT molecular complexity index is 637. The summed E-state index contributed by atoms with van der Waals surface area (Å²) in [4.78, 5) is 13.6. The van der Waals surface area contributed by atoms with Crippen molar-refractivity contribution in [2.45, 2.75) is 19.0 Å². The normalized spacial score (nSPS) is 21.8. The average molecular weight is 270 g/mol. The van der Waals surface area contributed by atoms with E-state index in [1.54, 1.807) is 17.0 Å². The summed E-state index contributed by atoms with van der Waals surface area (Å²) in [5.41, 5.74) is 8.75. The summed E-state index contributed by atoms with van der Waals surface area (Å²) >= 11 is 0. The Hall–Kier alpha value is -2.20. The molecular weight excluding hydrogens is 255 g/mol. The van der Waals surface area contributed by atoms with E-state index in [0.29, 0.717) is 5.69 Å². The number of rotatable bonds is 2. The van der Waals surface area contributed by atoms with Gasteiger partial charge in [0.25, 0.3) is 0 Å². The zero-order valence-corrected chi connectivity index (χ0v) is 11.1. The standard InChI is InChI=1S/C16H15FN2O/c1-10-2-4-11(5-3-10)15-14(18)16(20)19(15)13-8-6-12(17)7-9-13/h2-9,14-15H,18H2,1H3. The number of nitrogens with two attached hydrogens (primary N) is 1. The van der Waals surface area contributed by atoms with Crippen molar-refractivity contribution in [2.24, 2.45) is 5.73 Å². The second kappa shape index (κ2) is 4.72. The molecule has 1 aliphatic rings. The fourth-order valence-electron chi connectivity index (χ4n) is 2.52. The molecule has 0 spiro atoms. The molecule has 0 radical (unpaired) electrons. The third-order valence-electron chi connectivity index (χ3n) is 3.66. The van der Waals surface area contributed by atoms with Crippen LogP contribution in [0.1, 0.15) is 17.2 Å². The van der Waals surface area contributed by atoms with E-state index in [2.05, 4.69) is 0 Å².